The molecular formula is C13H21N3O5S2. The van der Waals surface area contributed by atoms with Crippen LogP contribution >= 0.6 is 11.8 Å². The van der Waals surface area contributed by atoms with Crippen molar-refractivity contribution in [1.29, 1.82) is 0 Å². The summed E-state index contributed by atoms with van der Waals surface area (Å²) in [6, 6.07) is -0.143. The largest absolute Gasteiger partial charge is 0.444 e. The number of nitrogens with zero attached hydrogens (tertiary/aromatic N) is 2. The molecule has 1 N–H and O–H groups in total. The molecule has 0 aromatic rings. The number of aliphatic imine (C=N–C) groups is 1. The molecule has 2 heterocycles. The summed E-state index contributed by atoms with van der Waals surface area (Å²) in [5, 5.41) is 2.75. The van der Waals surface area contributed by atoms with Crippen molar-refractivity contribution >= 4 is 38.8 Å². The van der Waals surface area contributed by atoms with E-state index >= 15 is 0 Å². The van der Waals surface area contributed by atoms with E-state index in [2.05, 4.69) is 10.3 Å². The number of thioether (sulfide) groups is 1. The number of hydrogen-bond acceptors (Lipinski definition) is 6. The van der Waals surface area contributed by atoms with Crippen LogP contribution in [0, 0.1) is 0 Å². The molecule has 8 nitrogen and oxygen atoms in total. The van der Waals surface area contributed by atoms with E-state index in [-0.39, 0.29) is 29.3 Å². The number of amidine groups is 1. The summed E-state index contributed by atoms with van der Waals surface area (Å²) in [5.74, 6) is -0.311. The number of sulfone groups is 1. The molecule has 2 saturated heterocycles. The molecule has 2 atom stereocenters. The second kappa shape index (κ2) is 6.31. The van der Waals surface area contributed by atoms with Crippen LogP contribution in [0.3, 0.4) is 0 Å². The number of alkyl carbamates (subject to hydrolysis) is 1. The summed E-state index contributed by atoms with van der Waals surface area (Å²) < 4.78 is 28.2. The van der Waals surface area contributed by atoms with Crippen LogP contribution in [0.25, 0.3) is 0 Å². The van der Waals surface area contributed by atoms with Crippen LogP contribution in [-0.2, 0) is 19.4 Å². The average Bonchev–Trinajstić information content (AvgIpc) is 2.80. The lowest BCUT2D eigenvalue weighted by Crippen LogP contribution is -2.36. The fraction of sp³-hybridized carbons (Fsp3) is 0.769. The Kier molecular flexibility index (Phi) is 4.95. The van der Waals surface area contributed by atoms with Crippen molar-refractivity contribution in [1.82, 2.24) is 10.2 Å². The predicted molar refractivity (Wildman–Crippen MR) is 88.3 cm³/mol. The lowest BCUT2D eigenvalue weighted by atomic mass is 10.2. The number of carbonyl (C=O) groups is 2. The van der Waals surface area contributed by atoms with Gasteiger partial charge in [0.05, 0.1) is 17.5 Å². The maximum atomic E-state index is 11.8. The van der Waals surface area contributed by atoms with Crippen molar-refractivity contribution in [3.8, 4) is 0 Å². The van der Waals surface area contributed by atoms with Crippen molar-refractivity contribution in [3.63, 3.8) is 0 Å². The molecule has 0 aliphatic carbocycles. The van der Waals surface area contributed by atoms with Gasteiger partial charge in [0, 0.05) is 12.3 Å². The Morgan fingerprint density at radius 3 is 2.61 bits per heavy atom. The van der Waals surface area contributed by atoms with Gasteiger partial charge in [-0.2, -0.15) is 4.99 Å². The van der Waals surface area contributed by atoms with E-state index in [0.717, 1.165) is 0 Å². The number of fused-ring (bicyclic) bond motifs is 1. The van der Waals surface area contributed by atoms with Gasteiger partial charge in [-0.3, -0.25) is 4.79 Å². The highest BCUT2D eigenvalue weighted by molar-refractivity contribution is 8.15. The van der Waals surface area contributed by atoms with Crippen molar-refractivity contribution in [2.45, 2.75) is 37.7 Å². The van der Waals surface area contributed by atoms with Gasteiger partial charge >= 0.3 is 6.09 Å². The molecule has 2 rings (SSSR count). The second-order valence-electron chi connectivity index (χ2n) is 6.56. The van der Waals surface area contributed by atoms with Gasteiger partial charge in [-0.05, 0) is 20.8 Å². The summed E-state index contributed by atoms with van der Waals surface area (Å²) >= 11 is 1.30. The first kappa shape index (κ1) is 18.1. The minimum absolute atomic E-state index is 0.0876. The first-order valence-corrected chi connectivity index (χ1v) is 9.85. The molecule has 130 valence electrons. The van der Waals surface area contributed by atoms with Crippen LogP contribution in [-0.4, -0.2) is 72.5 Å². The van der Waals surface area contributed by atoms with Gasteiger partial charge in [0.1, 0.15) is 12.1 Å². The lowest BCUT2D eigenvalue weighted by Gasteiger charge is -2.19. The van der Waals surface area contributed by atoms with Crippen molar-refractivity contribution in [3.05, 3.63) is 0 Å². The van der Waals surface area contributed by atoms with Crippen molar-refractivity contribution < 1.29 is 22.7 Å². The zero-order valence-corrected chi connectivity index (χ0v) is 15.2. The molecule has 0 aromatic carbocycles. The number of carbonyl (C=O) groups excluding carboxylic acids is 2. The van der Waals surface area contributed by atoms with Crippen molar-refractivity contribution in [2.24, 2.45) is 4.99 Å². The highest BCUT2D eigenvalue weighted by Crippen LogP contribution is 2.36. The maximum Gasteiger partial charge on any atom is 0.408 e. The summed E-state index contributed by atoms with van der Waals surface area (Å²) in [6.45, 7) is 4.92. The van der Waals surface area contributed by atoms with E-state index < -0.39 is 27.4 Å². The Morgan fingerprint density at radius 1 is 1.39 bits per heavy atom. The number of ether oxygens (including phenoxy) is 1. The van der Waals surface area contributed by atoms with E-state index in [1.54, 1.807) is 32.7 Å². The van der Waals surface area contributed by atoms with Crippen LogP contribution in [0.2, 0.25) is 0 Å². The first-order chi connectivity index (χ1) is 10.5. The quantitative estimate of drug-likeness (QED) is 0.749. The normalized spacial score (nSPS) is 27.8. The van der Waals surface area contributed by atoms with Gasteiger partial charge in [0.15, 0.2) is 15.0 Å². The Labute approximate surface area is 139 Å². The summed E-state index contributed by atoms with van der Waals surface area (Å²) in [4.78, 5) is 29.0. The minimum Gasteiger partial charge on any atom is -0.444 e. The Bertz CT molecular complexity index is 638. The number of amides is 2. The molecule has 10 heteroatoms. The number of nitrogens with one attached hydrogen (secondary N) is 1. The third-order valence-corrected chi connectivity index (χ3v) is 6.63. The zero-order chi connectivity index (χ0) is 17.4. The van der Waals surface area contributed by atoms with Gasteiger partial charge in [-0.25, -0.2) is 13.2 Å². The molecule has 2 aliphatic heterocycles. The van der Waals surface area contributed by atoms with E-state index in [1.165, 1.54) is 11.8 Å². The smallest absolute Gasteiger partial charge is 0.408 e. The maximum absolute atomic E-state index is 11.8. The summed E-state index contributed by atoms with van der Waals surface area (Å²) in [5.41, 5.74) is -0.635. The second-order valence-corrected chi connectivity index (χ2v) is 9.92. The molecule has 0 saturated carbocycles. The third-order valence-electron chi connectivity index (χ3n) is 3.33. The SMILES string of the molecule is CN1C(=NC(=O)CNC(=O)OC(C)(C)C)S[C@@H]2CS(=O)(=O)C[C@H]21. The standard InChI is InChI=1S/C13H21N3O5S2/c1-13(2,3)21-12(18)14-5-10(17)15-11-16(4)8-6-23(19,20)7-9(8)22-11/h8-9H,5-7H2,1-4H3,(H,14,18)/t8-,9-/m1/s1. The van der Waals surface area contributed by atoms with Gasteiger partial charge in [0.2, 0.25) is 0 Å². The molecule has 2 amide bonds. The average molecular weight is 363 g/mol. The molecule has 0 bridgehead atoms. The van der Waals surface area contributed by atoms with Crippen LogP contribution in [0.5, 0.6) is 0 Å². The molecule has 0 radical (unpaired) electrons. The van der Waals surface area contributed by atoms with Crippen LogP contribution < -0.4 is 5.32 Å². The molecule has 0 aromatic heterocycles. The van der Waals surface area contributed by atoms with Gasteiger partial charge in [-0.15, -0.1) is 0 Å². The summed E-state index contributed by atoms with van der Waals surface area (Å²) in [6.07, 6.45) is -0.679. The van der Waals surface area contributed by atoms with Crippen LogP contribution in [0.1, 0.15) is 20.8 Å². The number of hydrogen-bond donors (Lipinski definition) is 1. The predicted octanol–water partition coefficient (Wildman–Crippen LogP) is 0.238. The first-order valence-electron chi connectivity index (χ1n) is 7.15. The van der Waals surface area contributed by atoms with Crippen molar-refractivity contribution in [2.75, 3.05) is 25.1 Å². The molecule has 2 fully saturated rings. The van der Waals surface area contributed by atoms with E-state index in [9.17, 15) is 18.0 Å². The fourth-order valence-electron chi connectivity index (χ4n) is 2.34. The monoisotopic (exact) mass is 363 g/mol. The van der Waals surface area contributed by atoms with Gasteiger partial charge in [0.25, 0.3) is 5.91 Å². The highest BCUT2D eigenvalue weighted by atomic mass is 32.2. The van der Waals surface area contributed by atoms with E-state index in [1.807, 2.05) is 0 Å². The van der Waals surface area contributed by atoms with Gasteiger partial charge < -0.3 is 15.0 Å². The lowest BCUT2D eigenvalue weighted by molar-refractivity contribution is -0.117. The molecule has 23 heavy (non-hydrogen) atoms. The summed E-state index contributed by atoms with van der Waals surface area (Å²) in [7, 11) is -1.28. The Balaban J connectivity index is 1.88. The molecular weight excluding hydrogens is 342 g/mol. The van der Waals surface area contributed by atoms with Crippen LogP contribution in [0.4, 0.5) is 4.79 Å². The van der Waals surface area contributed by atoms with Gasteiger partial charge in [-0.1, -0.05) is 11.8 Å². The molecule has 0 unspecified atom stereocenters. The highest BCUT2D eigenvalue weighted by Gasteiger charge is 2.47. The Hall–Kier alpha value is -1.29. The molecule has 2 aliphatic rings. The zero-order valence-electron chi connectivity index (χ0n) is 13.5. The van der Waals surface area contributed by atoms with E-state index in [0.29, 0.717) is 5.17 Å². The fourth-order valence-corrected chi connectivity index (χ4v) is 6.36. The third kappa shape index (κ3) is 4.84. The van der Waals surface area contributed by atoms with E-state index in [4.69, 9.17) is 4.74 Å². The number of rotatable bonds is 2. The Morgan fingerprint density at radius 2 is 2.04 bits per heavy atom. The topological polar surface area (TPSA) is 105 Å². The molecule has 0 spiro atoms. The van der Waals surface area contributed by atoms with Crippen LogP contribution in [0.15, 0.2) is 4.99 Å². The minimum atomic E-state index is -3.01.